The first-order valence-corrected chi connectivity index (χ1v) is 7.31. The summed E-state index contributed by atoms with van der Waals surface area (Å²) in [5, 5.41) is 10.6. The van der Waals surface area contributed by atoms with E-state index in [-0.39, 0.29) is 11.1 Å². The van der Waals surface area contributed by atoms with Crippen LogP contribution in [0.1, 0.15) is 27.7 Å². The van der Waals surface area contributed by atoms with Crippen LogP contribution in [0.5, 0.6) is 0 Å². The Morgan fingerprint density at radius 2 is 1.95 bits per heavy atom. The predicted octanol–water partition coefficient (Wildman–Crippen LogP) is 3.02. The Morgan fingerprint density at radius 3 is 2.59 bits per heavy atom. The van der Waals surface area contributed by atoms with Gasteiger partial charge in [-0.1, -0.05) is 28.1 Å². The van der Waals surface area contributed by atoms with Gasteiger partial charge in [-0.3, -0.25) is 4.79 Å². The number of primary amides is 1. The van der Waals surface area contributed by atoms with E-state index >= 15 is 0 Å². The van der Waals surface area contributed by atoms with Crippen LogP contribution in [0.2, 0.25) is 0 Å². The second kappa shape index (κ2) is 5.55. The van der Waals surface area contributed by atoms with E-state index in [9.17, 15) is 14.3 Å². The number of hydrogen-bond acceptors (Lipinski definition) is 2. The number of hydrogen-bond donors (Lipinski definition) is 2. The Bertz CT molecular complexity index is 858. The Morgan fingerprint density at radius 1 is 1.27 bits per heavy atom. The number of aliphatic hydroxyl groups is 1. The summed E-state index contributed by atoms with van der Waals surface area (Å²) in [6.07, 6.45) is 0.581. The van der Waals surface area contributed by atoms with Crippen molar-refractivity contribution in [1.82, 2.24) is 4.40 Å². The van der Waals surface area contributed by atoms with Gasteiger partial charge in [-0.25, -0.2) is 4.39 Å². The van der Waals surface area contributed by atoms with Gasteiger partial charge in [0.05, 0.1) is 16.8 Å². The largest absolute Gasteiger partial charge is 0.382 e. The van der Waals surface area contributed by atoms with E-state index in [4.69, 9.17) is 5.73 Å². The van der Waals surface area contributed by atoms with Crippen molar-refractivity contribution in [2.75, 3.05) is 0 Å². The van der Waals surface area contributed by atoms with Crippen LogP contribution >= 0.6 is 15.9 Å². The van der Waals surface area contributed by atoms with Crippen molar-refractivity contribution in [3.8, 4) is 0 Å². The molecule has 0 bridgehead atoms. The molecular weight excluding hydrogens is 351 g/mol. The third-order valence-corrected chi connectivity index (χ3v) is 4.03. The van der Waals surface area contributed by atoms with Crippen LogP contribution in [0.25, 0.3) is 5.52 Å². The third kappa shape index (κ3) is 2.40. The summed E-state index contributed by atoms with van der Waals surface area (Å²) in [6.45, 7) is 0. The minimum absolute atomic E-state index is 0.0456. The minimum atomic E-state index is -1.00. The summed E-state index contributed by atoms with van der Waals surface area (Å²) in [4.78, 5) is 11.5. The monoisotopic (exact) mass is 362 g/mol. The van der Waals surface area contributed by atoms with Crippen LogP contribution < -0.4 is 5.73 Å². The fourth-order valence-corrected chi connectivity index (χ4v) is 2.72. The van der Waals surface area contributed by atoms with Gasteiger partial charge < -0.3 is 15.2 Å². The summed E-state index contributed by atoms with van der Waals surface area (Å²) >= 11 is 3.33. The molecule has 112 valence electrons. The second-order valence-electron chi connectivity index (χ2n) is 4.88. The lowest BCUT2D eigenvalue weighted by Gasteiger charge is -2.12. The minimum Gasteiger partial charge on any atom is -0.382 e. The number of fused-ring (bicyclic) bond motifs is 1. The van der Waals surface area contributed by atoms with Gasteiger partial charge >= 0.3 is 0 Å². The van der Waals surface area contributed by atoms with Crippen LogP contribution in [0.4, 0.5) is 4.39 Å². The zero-order chi connectivity index (χ0) is 15.9. The average molecular weight is 363 g/mol. The van der Waals surface area contributed by atoms with Gasteiger partial charge in [-0.2, -0.15) is 0 Å². The Labute approximate surface area is 134 Å². The van der Waals surface area contributed by atoms with Crippen molar-refractivity contribution in [1.29, 1.82) is 0 Å². The molecule has 0 spiro atoms. The van der Waals surface area contributed by atoms with Crippen molar-refractivity contribution >= 4 is 27.4 Å². The van der Waals surface area contributed by atoms with Gasteiger partial charge in [-0.15, -0.1) is 0 Å². The zero-order valence-corrected chi connectivity index (χ0v) is 12.9. The summed E-state index contributed by atoms with van der Waals surface area (Å²) in [6, 6.07) is 11.3. The van der Waals surface area contributed by atoms with E-state index in [1.54, 1.807) is 30.5 Å². The molecule has 6 heteroatoms. The highest BCUT2D eigenvalue weighted by molar-refractivity contribution is 9.10. The molecule has 4 nitrogen and oxygen atoms in total. The molecule has 0 radical (unpaired) electrons. The summed E-state index contributed by atoms with van der Waals surface area (Å²) < 4.78 is 16.4. The van der Waals surface area contributed by atoms with Crippen molar-refractivity contribution in [3.05, 3.63) is 75.8 Å². The van der Waals surface area contributed by atoms with Crippen LogP contribution in [0.15, 0.2) is 53.1 Å². The van der Waals surface area contributed by atoms with E-state index in [1.165, 1.54) is 22.6 Å². The van der Waals surface area contributed by atoms with Crippen molar-refractivity contribution < 1.29 is 14.3 Å². The van der Waals surface area contributed by atoms with E-state index in [0.717, 1.165) is 4.47 Å². The van der Waals surface area contributed by atoms with E-state index in [1.807, 2.05) is 0 Å². The van der Waals surface area contributed by atoms with Crippen LogP contribution in [-0.4, -0.2) is 15.4 Å². The highest BCUT2D eigenvalue weighted by Gasteiger charge is 2.21. The Kier molecular flexibility index (Phi) is 3.72. The lowest BCUT2D eigenvalue weighted by Crippen LogP contribution is -2.10. The quantitative estimate of drug-likeness (QED) is 0.751. The fraction of sp³-hybridized carbons (Fsp3) is 0.0625. The molecule has 2 heterocycles. The number of pyridine rings is 1. The van der Waals surface area contributed by atoms with Gasteiger partial charge in [0, 0.05) is 10.7 Å². The number of nitrogens with zero attached hydrogens (tertiary/aromatic N) is 1. The average Bonchev–Trinajstić information content (AvgIpc) is 2.88. The maximum atomic E-state index is 14.0. The smallest absolute Gasteiger partial charge is 0.251 e. The third-order valence-electron chi connectivity index (χ3n) is 3.50. The summed E-state index contributed by atoms with van der Waals surface area (Å²) in [5.74, 6) is -1.30. The molecule has 3 N–H and O–H groups in total. The molecule has 2 aromatic heterocycles. The van der Waals surface area contributed by atoms with Crippen LogP contribution in [-0.2, 0) is 0 Å². The van der Waals surface area contributed by atoms with Gasteiger partial charge in [0.2, 0.25) is 0 Å². The molecule has 0 fully saturated rings. The first kappa shape index (κ1) is 14.7. The molecule has 0 aliphatic heterocycles. The number of halogens is 2. The van der Waals surface area contributed by atoms with Crippen LogP contribution in [0.3, 0.4) is 0 Å². The number of benzene rings is 1. The number of amides is 1. The highest BCUT2D eigenvalue weighted by Crippen LogP contribution is 2.28. The van der Waals surface area contributed by atoms with Gasteiger partial charge in [0.25, 0.3) is 5.91 Å². The number of nitrogens with two attached hydrogens (primary N) is 1. The van der Waals surface area contributed by atoms with E-state index in [2.05, 4.69) is 15.9 Å². The molecular formula is C16H12BrFN2O2. The van der Waals surface area contributed by atoms with Gasteiger partial charge in [0.15, 0.2) is 0 Å². The number of aromatic nitrogens is 1. The van der Waals surface area contributed by atoms with Gasteiger partial charge in [0.1, 0.15) is 11.9 Å². The fourth-order valence-electron chi connectivity index (χ4n) is 2.46. The zero-order valence-electron chi connectivity index (χ0n) is 11.3. The number of carbonyl (C=O) groups is 1. The lowest BCUT2D eigenvalue weighted by molar-refractivity contribution is 0.100. The highest BCUT2D eigenvalue weighted by atomic mass is 79.9. The van der Waals surface area contributed by atoms with E-state index < -0.39 is 17.8 Å². The van der Waals surface area contributed by atoms with Crippen molar-refractivity contribution in [2.45, 2.75) is 6.10 Å². The number of rotatable bonds is 3. The molecule has 1 aromatic carbocycles. The molecule has 0 saturated heterocycles. The second-order valence-corrected chi connectivity index (χ2v) is 5.79. The van der Waals surface area contributed by atoms with Crippen molar-refractivity contribution in [3.63, 3.8) is 0 Å². The molecule has 0 aliphatic carbocycles. The molecule has 1 unspecified atom stereocenters. The number of aliphatic hydroxyl groups excluding tert-OH is 1. The lowest BCUT2D eigenvalue weighted by atomic mass is 10.1. The molecule has 0 aliphatic rings. The first-order valence-electron chi connectivity index (χ1n) is 6.52. The Balaban J connectivity index is 2.20. The molecule has 22 heavy (non-hydrogen) atoms. The maximum Gasteiger partial charge on any atom is 0.251 e. The normalized spacial score (nSPS) is 12.5. The maximum absolute atomic E-state index is 14.0. The first-order chi connectivity index (χ1) is 10.5. The molecule has 0 saturated carbocycles. The van der Waals surface area contributed by atoms with Gasteiger partial charge in [-0.05, 0) is 35.9 Å². The molecule has 1 atom stereocenters. The summed E-state index contributed by atoms with van der Waals surface area (Å²) in [5.41, 5.74) is 6.44. The predicted molar refractivity (Wildman–Crippen MR) is 84.1 cm³/mol. The topological polar surface area (TPSA) is 67.7 Å². The number of carbonyl (C=O) groups excluding carboxylic acids is 1. The van der Waals surface area contributed by atoms with E-state index in [0.29, 0.717) is 11.3 Å². The Hall–Kier alpha value is -2.18. The molecule has 3 aromatic rings. The van der Waals surface area contributed by atoms with Crippen molar-refractivity contribution in [2.24, 2.45) is 5.73 Å². The SMILES string of the molecule is NC(=O)c1cc(C(O)c2ccc(Br)cc2)n2cccc(F)c12. The summed E-state index contributed by atoms with van der Waals surface area (Å²) in [7, 11) is 0. The standard InChI is InChI=1S/C16H12BrFN2O2/c17-10-5-3-9(4-6-10)15(21)13-8-11(16(19)22)14-12(18)2-1-7-20(13)14/h1-8,15,21H,(H2,19,22). The molecule has 1 amide bonds. The molecule has 3 rings (SSSR count). The van der Waals surface area contributed by atoms with Crippen LogP contribution in [0, 0.1) is 5.82 Å².